The Labute approximate surface area is 202 Å². The molecule has 0 amide bonds. The molecule has 0 aliphatic heterocycles. The number of nitrogens with zero attached hydrogens (tertiary/aromatic N) is 4. The van der Waals surface area contributed by atoms with Crippen molar-refractivity contribution in [3.63, 3.8) is 0 Å². The van der Waals surface area contributed by atoms with Gasteiger partial charge in [0.25, 0.3) is 0 Å². The van der Waals surface area contributed by atoms with Crippen molar-refractivity contribution >= 4 is 0 Å². The average Bonchev–Trinajstić information content (AvgIpc) is 2.79. The minimum atomic E-state index is 1.37. The van der Waals surface area contributed by atoms with Crippen molar-refractivity contribution in [3.8, 4) is 0 Å². The third kappa shape index (κ3) is 23.9. The Morgan fingerprint density at radius 3 is 0.750 bits per heavy atom. The standard InChI is InChI=1S/C28H60N.N3/c1-5-9-13-17-21-25-29(26-22-18-14-10-6-2,27-23-19-15-11-7-3)28-24-20-16-12-8-4;1-3-2/h5-28H2,1-4H3;/q+1;-1. The summed E-state index contributed by atoms with van der Waals surface area (Å²) in [6.07, 6.45) is 28.8. The van der Waals surface area contributed by atoms with Crippen molar-refractivity contribution in [2.75, 3.05) is 26.2 Å². The molecule has 0 N–H and O–H groups in total. The molecule has 0 aromatic carbocycles. The summed E-state index contributed by atoms with van der Waals surface area (Å²) in [5.74, 6) is 0. The number of quaternary nitrogens is 1. The summed E-state index contributed by atoms with van der Waals surface area (Å²) < 4.78 is 1.47. The van der Waals surface area contributed by atoms with E-state index in [9.17, 15) is 0 Å². The molecule has 0 aromatic rings. The van der Waals surface area contributed by atoms with Gasteiger partial charge in [0.15, 0.2) is 0 Å². The van der Waals surface area contributed by atoms with E-state index >= 15 is 0 Å². The first-order valence-electron chi connectivity index (χ1n) is 14.5. The largest absolute Gasteiger partial charge is 0.373 e. The normalized spacial score (nSPS) is 11.1. The fourth-order valence-corrected chi connectivity index (χ4v) is 4.87. The smallest absolute Gasteiger partial charge is 0.0786 e. The molecule has 0 saturated heterocycles. The minimum absolute atomic E-state index is 1.37. The Morgan fingerprint density at radius 2 is 0.562 bits per heavy atom. The van der Waals surface area contributed by atoms with Gasteiger partial charge < -0.3 is 15.5 Å². The maximum absolute atomic E-state index is 6.75. The second kappa shape index (κ2) is 28.3. The summed E-state index contributed by atoms with van der Waals surface area (Å²) in [7, 11) is 0. The Bertz CT molecular complexity index is 316. The van der Waals surface area contributed by atoms with E-state index in [0.717, 1.165) is 0 Å². The molecule has 0 atom stereocenters. The van der Waals surface area contributed by atoms with Gasteiger partial charge in [-0.2, -0.15) is 0 Å². The SMILES string of the molecule is CCCCCCC[N+](CCCCCCC)(CCCCCCC)CCCCCCC.[N-]=[N+]=[N-]. The maximum Gasteiger partial charge on any atom is 0.0786 e. The van der Waals surface area contributed by atoms with E-state index in [-0.39, 0.29) is 0 Å². The number of hydrogen-bond donors (Lipinski definition) is 0. The predicted octanol–water partition coefficient (Wildman–Crippen LogP) is 10.6. The van der Waals surface area contributed by atoms with Gasteiger partial charge in [0.2, 0.25) is 0 Å². The highest BCUT2D eigenvalue weighted by molar-refractivity contribution is 4.54. The van der Waals surface area contributed by atoms with Crippen LogP contribution in [0.3, 0.4) is 0 Å². The highest BCUT2D eigenvalue weighted by Crippen LogP contribution is 2.20. The molecular formula is C28H60N4. The van der Waals surface area contributed by atoms with Crippen molar-refractivity contribution in [2.45, 2.75) is 156 Å². The lowest BCUT2D eigenvalue weighted by Gasteiger charge is -2.39. The van der Waals surface area contributed by atoms with Gasteiger partial charge in [0.05, 0.1) is 26.2 Å². The van der Waals surface area contributed by atoms with E-state index in [1.165, 1.54) is 164 Å². The van der Waals surface area contributed by atoms with Crippen LogP contribution in [-0.2, 0) is 0 Å². The average molecular weight is 453 g/mol. The zero-order valence-corrected chi connectivity index (χ0v) is 22.8. The third-order valence-electron chi connectivity index (χ3n) is 6.94. The summed E-state index contributed by atoms with van der Waals surface area (Å²) in [6.45, 7) is 15.2. The topological polar surface area (TPSA) is 58.7 Å². The van der Waals surface area contributed by atoms with E-state index in [0.29, 0.717) is 0 Å². The zero-order valence-electron chi connectivity index (χ0n) is 22.8. The lowest BCUT2D eigenvalue weighted by atomic mass is 10.1. The molecule has 0 spiro atoms. The monoisotopic (exact) mass is 452 g/mol. The molecule has 4 nitrogen and oxygen atoms in total. The van der Waals surface area contributed by atoms with Crippen LogP contribution in [0.1, 0.15) is 156 Å². The van der Waals surface area contributed by atoms with Gasteiger partial charge in [-0.3, -0.25) is 4.91 Å². The number of rotatable bonds is 24. The van der Waals surface area contributed by atoms with Crippen LogP contribution in [0.2, 0.25) is 0 Å². The summed E-state index contributed by atoms with van der Waals surface area (Å²) in [6, 6.07) is 0. The van der Waals surface area contributed by atoms with Crippen molar-refractivity contribution in [2.24, 2.45) is 0 Å². The first kappa shape index (κ1) is 33.4. The van der Waals surface area contributed by atoms with Crippen LogP contribution < -0.4 is 0 Å². The van der Waals surface area contributed by atoms with Crippen molar-refractivity contribution in [1.29, 1.82) is 0 Å². The second-order valence-corrected chi connectivity index (χ2v) is 9.98. The van der Waals surface area contributed by atoms with Crippen molar-refractivity contribution < 1.29 is 4.48 Å². The third-order valence-corrected chi connectivity index (χ3v) is 6.94. The molecule has 0 rings (SSSR count). The molecule has 0 saturated carbocycles. The molecule has 0 unspecified atom stereocenters. The van der Waals surface area contributed by atoms with Gasteiger partial charge in [-0.1, -0.05) is 105 Å². The van der Waals surface area contributed by atoms with E-state index in [1.54, 1.807) is 0 Å². The van der Waals surface area contributed by atoms with Gasteiger partial charge in [0, 0.05) is 0 Å². The van der Waals surface area contributed by atoms with E-state index in [1.807, 2.05) is 0 Å². The Kier molecular flexibility index (Phi) is 29.6. The molecule has 0 aliphatic rings. The molecule has 0 radical (unpaired) electrons. The molecular weight excluding hydrogens is 392 g/mol. The summed E-state index contributed by atoms with van der Waals surface area (Å²) >= 11 is 0. The fraction of sp³-hybridized carbons (Fsp3) is 1.00. The first-order chi connectivity index (χ1) is 15.7. The van der Waals surface area contributed by atoms with Crippen molar-refractivity contribution in [3.05, 3.63) is 16.0 Å². The molecule has 0 aliphatic carbocycles. The molecule has 0 heterocycles. The number of unbranched alkanes of at least 4 members (excludes halogenated alkanes) is 16. The molecule has 32 heavy (non-hydrogen) atoms. The zero-order chi connectivity index (χ0) is 24.2. The van der Waals surface area contributed by atoms with Crippen LogP contribution in [0, 0.1) is 0 Å². The van der Waals surface area contributed by atoms with E-state index < -0.39 is 0 Å². The van der Waals surface area contributed by atoms with Crippen molar-refractivity contribution in [1.82, 2.24) is 0 Å². The molecule has 0 aromatic heterocycles. The van der Waals surface area contributed by atoms with E-state index in [2.05, 4.69) is 27.7 Å². The Hall–Kier alpha value is -0.730. The minimum Gasteiger partial charge on any atom is -0.373 e. The van der Waals surface area contributed by atoms with Gasteiger partial charge in [-0.15, -0.1) is 0 Å². The molecule has 0 bridgehead atoms. The molecule has 192 valence electrons. The quantitative estimate of drug-likeness (QED) is 0.0459. The lowest BCUT2D eigenvalue weighted by Crippen LogP contribution is -2.50. The Balaban J connectivity index is 0. The Morgan fingerprint density at radius 1 is 0.375 bits per heavy atom. The number of hydrogen-bond acceptors (Lipinski definition) is 0. The molecule has 0 fully saturated rings. The highest BCUT2D eigenvalue weighted by atomic mass is 15.3. The maximum atomic E-state index is 6.75. The lowest BCUT2D eigenvalue weighted by molar-refractivity contribution is -0.929. The fourth-order valence-electron chi connectivity index (χ4n) is 4.87. The van der Waals surface area contributed by atoms with Gasteiger partial charge in [-0.25, -0.2) is 0 Å². The second-order valence-electron chi connectivity index (χ2n) is 9.98. The predicted molar refractivity (Wildman–Crippen MR) is 145 cm³/mol. The highest BCUT2D eigenvalue weighted by Gasteiger charge is 2.25. The van der Waals surface area contributed by atoms with Crippen LogP contribution >= 0.6 is 0 Å². The van der Waals surface area contributed by atoms with Gasteiger partial charge in [0.1, 0.15) is 0 Å². The van der Waals surface area contributed by atoms with Crippen LogP contribution in [0.25, 0.3) is 16.0 Å². The summed E-state index contributed by atoms with van der Waals surface area (Å²) in [5, 5.41) is 0. The van der Waals surface area contributed by atoms with E-state index in [4.69, 9.17) is 11.1 Å². The van der Waals surface area contributed by atoms with Crippen LogP contribution in [0.15, 0.2) is 0 Å². The summed E-state index contributed by atoms with van der Waals surface area (Å²) in [4.78, 5) is 1.50. The van der Waals surface area contributed by atoms with Crippen LogP contribution in [-0.4, -0.2) is 30.7 Å². The van der Waals surface area contributed by atoms with Gasteiger partial charge in [-0.05, 0) is 51.4 Å². The molecule has 4 heteroatoms. The van der Waals surface area contributed by atoms with Crippen LogP contribution in [0.4, 0.5) is 0 Å². The van der Waals surface area contributed by atoms with Gasteiger partial charge >= 0.3 is 0 Å². The van der Waals surface area contributed by atoms with Crippen LogP contribution in [0.5, 0.6) is 0 Å². The summed E-state index contributed by atoms with van der Waals surface area (Å²) in [5.41, 5.74) is 13.5. The first-order valence-corrected chi connectivity index (χ1v) is 14.5.